The van der Waals surface area contributed by atoms with Gasteiger partial charge in [0.05, 0.1) is 0 Å². The topological polar surface area (TPSA) is 32.3 Å². The molecule has 2 aliphatic rings. The van der Waals surface area contributed by atoms with Crippen molar-refractivity contribution < 1.29 is 4.79 Å². The lowest BCUT2D eigenvalue weighted by atomic mass is 9.94. The SMILES string of the molecule is CC(C)CCN1CCC(NC2CCCCC2)CCC1=O. The number of likely N-dealkylation sites (tertiary alicyclic amines) is 1. The molecule has 1 heterocycles. The van der Waals surface area contributed by atoms with Gasteiger partial charge in [0.2, 0.25) is 5.91 Å². The molecule has 1 unspecified atom stereocenters. The first-order chi connectivity index (χ1) is 9.65. The van der Waals surface area contributed by atoms with Crippen LogP contribution in [0, 0.1) is 5.92 Å². The summed E-state index contributed by atoms with van der Waals surface area (Å²) in [5, 5.41) is 3.82. The van der Waals surface area contributed by atoms with Crippen molar-refractivity contribution in [1.29, 1.82) is 0 Å². The third-order valence-electron chi connectivity index (χ3n) is 4.86. The molecule has 0 aromatic rings. The molecule has 1 saturated carbocycles. The van der Waals surface area contributed by atoms with Crippen LogP contribution in [-0.2, 0) is 4.79 Å². The van der Waals surface area contributed by atoms with Crippen LogP contribution < -0.4 is 5.32 Å². The molecule has 0 aromatic carbocycles. The van der Waals surface area contributed by atoms with E-state index in [1.54, 1.807) is 0 Å². The number of nitrogens with zero attached hydrogens (tertiary/aromatic N) is 1. The highest BCUT2D eigenvalue weighted by atomic mass is 16.2. The van der Waals surface area contributed by atoms with Gasteiger partial charge in [0.1, 0.15) is 0 Å². The minimum absolute atomic E-state index is 0.374. The van der Waals surface area contributed by atoms with Gasteiger partial charge in [0.15, 0.2) is 0 Å². The maximum Gasteiger partial charge on any atom is 0.222 e. The van der Waals surface area contributed by atoms with Crippen molar-refractivity contribution in [2.24, 2.45) is 5.92 Å². The normalized spacial score (nSPS) is 26.1. The van der Waals surface area contributed by atoms with Crippen molar-refractivity contribution in [2.45, 2.75) is 83.7 Å². The standard InChI is InChI=1S/C17H32N2O/c1-14(2)10-12-19-13-11-16(8-9-17(19)20)18-15-6-4-3-5-7-15/h14-16,18H,3-13H2,1-2H3. The van der Waals surface area contributed by atoms with Gasteiger partial charge >= 0.3 is 0 Å². The Morgan fingerprint density at radius 3 is 2.50 bits per heavy atom. The predicted molar refractivity (Wildman–Crippen MR) is 83.7 cm³/mol. The van der Waals surface area contributed by atoms with E-state index in [4.69, 9.17) is 0 Å². The molecular weight excluding hydrogens is 248 g/mol. The molecule has 20 heavy (non-hydrogen) atoms. The predicted octanol–water partition coefficient (Wildman–Crippen LogP) is 3.34. The van der Waals surface area contributed by atoms with E-state index < -0.39 is 0 Å². The van der Waals surface area contributed by atoms with Gasteiger partial charge < -0.3 is 10.2 Å². The number of rotatable bonds is 5. The minimum atomic E-state index is 0.374. The lowest BCUT2D eigenvalue weighted by molar-refractivity contribution is -0.130. The molecule has 0 aromatic heterocycles. The fourth-order valence-electron chi connectivity index (χ4n) is 3.46. The summed E-state index contributed by atoms with van der Waals surface area (Å²) < 4.78 is 0. The van der Waals surface area contributed by atoms with Gasteiger partial charge in [-0.15, -0.1) is 0 Å². The number of hydrogen-bond donors (Lipinski definition) is 1. The van der Waals surface area contributed by atoms with Crippen molar-refractivity contribution in [3.05, 3.63) is 0 Å². The zero-order valence-corrected chi connectivity index (χ0v) is 13.4. The molecule has 0 bridgehead atoms. The molecular formula is C17H32N2O. The molecule has 3 nitrogen and oxygen atoms in total. The van der Waals surface area contributed by atoms with Crippen LogP contribution in [0.2, 0.25) is 0 Å². The summed E-state index contributed by atoms with van der Waals surface area (Å²) in [5.74, 6) is 1.06. The van der Waals surface area contributed by atoms with E-state index in [0.29, 0.717) is 23.9 Å². The highest BCUT2D eigenvalue weighted by Gasteiger charge is 2.24. The van der Waals surface area contributed by atoms with E-state index in [1.807, 2.05) is 0 Å². The van der Waals surface area contributed by atoms with Crippen molar-refractivity contribution in [3.63, 3.8) is 0 Å². The number of hydrogen-bond acceptors (Lipinski definition) is 2. The van der Waals surface area contributed by atoms with Gasteiger partial charge in [0, 0.05) is 31.6 Å². The first-order valence-corrected chi connectivity index (χ1v) is 8.69. The lowest BCUT2D eigenvalue weighted by Gasteiger charge is -2.28. The Bertz CT molecular complexity index is 297. The Morgan fingerprint density at radius 2 is 1.80 bits per heavy atom. The third kappa shape index (κ3) is 5.08. The quantitative estimate of drug-likeness (QED) is 0.837. The molecule has 2 rings (SSSR count). The fraction of sp³-hybridized carbons (Fsp3) is 0.941. The van der Waals surface area contributed by atoms with Crippen molar-refractivity contribution >= 4 is 5.91 Å². The molecule has 0 radical (unpaired) electrons. The van der Waals surface area contributed by atoms with Crippen LogP contribution in [0.25, 0.3) is 0 Å². The molecule has 1 N–H and O–H groups in total. The Kier molecular flexibility index (Phi) is 6.34. The summed E-state index contributed by atoms with van der Waals surface area (Å²) >= 11 is 0. The fourth-order valence-corrected chi connectivity index (χ4v) is 3.46. The first kappa shape index (κ1) is 15.8. The van der Waals surface area contributed by atoms with Gasteiger partial charge in [0.25, 0.3) is 0 Å². The van der Waals surface area contributed by atoms with Crippen LogP contribution in [-0.4, -0.2) is 36.0 Å². The second-order valence-electron chi connectivity index (χ2n) is 7.09. The summed E-state index contributed by atoms with van der Waals surface area (Å²) in [7, 11) is 0. The summed E-state index contributed by atoms with van der Waals surface area (Å²) in [6.45, 7) is 6.37. The van der Waals surface area contributed by atoms with Crippen LogP contribution in [0.3, 0.4) is 0 Å². The summed E-state index contributed by atoms with van der Waals surface area (Å²) in [4.78, 5) is 14.3. The first-order valence-electron chi connectivity index (χ1n) is 8.69. The average molecular weight is 280 g/mol. The van der Waals surface area contributed by atoms with E-state index in [2.05, 4.69) is 24.1 Å². The Hall–Kier alpha value is -0.570. The monoisotopic (exact) mass is 280 g/mol. The van der Waals surface area contributed by atoms with Crippen LogP contribution in [0.5, 0.6) is 0 Å². The molecule has 1 saturated heterocycles. The highest BCUT2D eigenvalue weighted by Crippen LogP contribution is 2.20. The van der Waals surface area contributed by atoms with Crippen molar-refractivity contribution in [2.75, 3.05) is 13.1 Å². The molecule has 2 fully saturated rings. The Balaban J connectivity index is 1.76. The average Bonchev–Trinajstić information content (AvgIpc) is 2.61. The van der Waals surface area contributed by atoms with E-state index in [0.717, 1.165) is 38.8 Å². The molecule has 1 aliphatic carbocycles. The largest absolute Gasteiger partial charge is 0.343 e. The number of amides is 1. The van der Waals surface area contributed by atoms with Gasteiger partial charge in [-0.2, -0.15) is 0 Å². The van der Waals surface area contributed by atoms with E-state index >= 15 is 0 Å². The van der Waals surface area contributed by atoms with Crippen LogP contribution in [0.15, 0.2) is 0 Å². The number of carbonyl (C=O) groups is 1. The smallest absolute Gasteiger partial charge is 0.222 e. The lowest BCUT2D eigenvalue weighted by Crippen LogP contribution is -2.40. The summed E-state index contributed by atoms with van der Waals surface area (Å²) in [5.41, 5.74) is 0. The second kappa shape index (κ2) is 8.02. The van der Waals surface area contributed by atoms with Crippen LogP contribution in [0.4, 0.5) is 0 Å². The van der Waals surface area contributed by atoms with E-state index in [1.165, 1.54) is 32.1 Å². The van der Waals surface area contributed by atoms with E-state index in [9.17, 15) is 4.79 Å². The third-order valence-corrected chi connectivity index (χ3v) is 4.86. The molecule has 3 heteroatoms. The second-order valence-corrected chi connectivity index (χ2v) is 7.09. The molecule has 116 valence electrons. The molecule has 1 amide bonds. The van der Waals surface area contributed by atoms with Crippen molar-refractivity contribution in [1.82, 2.24) is 10.2 Å². The zero-order chi connectivity index (χ0) is 14.4. The van der Waals surface area contributed by atoms with Crippen LogP contribution in [0.1, 0.15) is 71.6 Å². The molecule has 0 spiro atoms. The number of nitrogens with one attached hydrogen (secondary N) is 1. The highest BCUT2D eigenvalue weighted by molar-refractivity contribution is 5.76. The van der Waals surface area contributed by atoms with Gasteiger partial charge in [-0.3, -0.25) is 4.79 Å². The van der Waals surface area contributed by atoms with Gasteiger partial charge in [-0.25, -0.2) is 0 Å². The minimum Gasteiger partial charge on any atom is -0.343 e. The number of carbonyl (C=O) groups excluding carboxylic acids is 1. The van der Waals surface area contributed by atoms with Crippen LogP contribution >= 0.6 is 0 Å². The Morgan fingerprint density at radius 1 is 1.10 bits per heavy atom. The molecule has 1 atom stereocenters. The van der Waals surface area contributed by atoms with Crippen molar-refractivity contribution in [3.8, 4) is 0 Å². The maximum absolute atomic E-state index is 12.2. The van der Waals surface area contributed by atoms with Gasteiger partial charge in [-0.1, -0.05) is 33.1 Å². The maximum atomic E-state index is 12.2. The molecule has 1 aliphatic heterocycles. The zero-order valence-electron chi connectivity index (χ0n) is 13.4. The summed E-state index contributed by atoms with van der Waals surface area (Å²) in [6, 6.07) is 1.28. The summed E-state index contributed by atoms with van der Waals surface area (Å²) in [6.07, 6.45) is 10.9. The Labute approximate surface area is 124 Å². The van der Waals surface area contributed by atoms with Gasteiger partial charge in [-0.05, 0) is 38.0 Å². The van der Waals surface area contributed by atoms with E-state index in [-0.39, 0.29) is 0 Å².